The molecule has 0 atom stereocenters. The van der Waals surface area contributed by atoms with Gasteiger partial charge in [0.15, 0.2) is 6.61 Å². The number of hydrogen-bond donors (Lipinski definition) is 1. The van der Waals surface area contributed by atoms with Crippen LogP contribution in [0.25, 0.3) is 0 Å². The minimum atomic E-state index is -0.219. The minimum absolute atomic E-state index is 0.161. The molecular formula is C12H13Cl3N2O2S. The van der Waals surface area contributed by atoms with E-state index in [1.807, 2.05) is 0 Å². The fourth-order valence-electron chi connectivity index (χ4n) is 1.27. The second-order valence-electron chi connectivity index (χ2n) is 4.02. The van der Waals surface area contributed by atoms with Crippen LogP contribution in [-0.2, 0) is 4.79 Å². The van der Waals surface area contributed by atoms with Crippen LogP contribution < -0.4 is 10.5 Å². The van der Waals surface area contributed by atoms with Crippen molar-refractivity contribution in [1.29, 1.82) is 0 Å². The van der Waals surface area contributed by atoms with Crippen molar-refractivity contribution in [3.05, 3.63) is 27.2 Å². The smallest absolute Gasteiger partial charge is 0.260 e. The molecule has 1 aromatic rings. The number of hydrogen-bond acceptors (Lipinski definition) is 3. The average Bonchev–Trinajstić information content (AvgIpc) is 2.38. The number of carbonyl (C=O) groups is 1. The monoisotopic (exact) mass is 354 g/mol. The molecule has 8 heteroatoms. The zero-order chi connectivity index (χ0) is 15.3. The fraction of sp³-hybridized carbons (Fsp3) is 0.333. The predicted molar refractivity (Wildman–Crippen MR) is 86.0 cm³/mol. The number of thiocarbonyl (C=S) groups is 1. The van der Waals surface area contributed by atoms with Gasteiger partial charge >= 0.3 is 0 Å². The lowest BCUT2D eigenvalue weighted by molar-refractivity contribution is -0.131. The molecule has 2 N–H and O–H groups in total. The van der Waals surface area contributed by atoms with Crippen molar-refractivity contribution in [2.45, 2.75) is 6.42 Å². The van der Waals surface area contributed by atoms with Gasteiger partial charge in [0.2, 0.25) is 0 Å². The fourth-order valence-corrected chi connectivity index (χ4v) is 1.95. The molecule has 0 radical (unpaired) electrons. The van der Waals surface area contributed by atoms with Crippen molar-refractivity contribution in [2.24, 2.45) is 5.73 Å². The maximum Gasteiger partial charge on any atom is 0.260 e. The van der Waals surface area contributed by atoms with E-state index in [4.69, 9.17) is 57.5 Å². The molecule has 0 aliphatic carbocycles. The van der Waals surface area contributed by atoms with Crippen LogP contribution in [0.4, 0.5) is 0 Å². The Hall–Kier alpha value is -0.750. The number of carbonyl (C=O) groups excluding carboxylic acids is 1. The zero-order valence-electron chi connectivity index (χ0n) is 10.7. The summed E-state index contributed by atoms with van der Waals surface area (Å²) in [7, 11) is 1.64. The second kappa shape index (κ2) is 7.88. The summed E-state index contributed by atoms with van der Waals surface area (Å²) in [6.07, 6.45) is 0.463. The zero-order valence-corrected chi connectivity index (χ0v) is 13.7. The maximum atomic E-state index is 11.8. The van der Waals surface area contributed by atoms with Crippen LogP contribution in [0.2, 0.25) is 15.1 Å². The number of benzene rings is 1. The summed E-state index contributed by atoms with van der Waals surface area (Å²) in [5, 5.41) is 0.919. The van der Waals surface area contributed by atoms with E-state index < -0.39 is 0 Å². The summed E-state index contributed by atoms with van der Waals surface area (Å²) >= 11 is 22.3. The van der Waals surface area contributed by atoms with Gasteiger partial charge in [-0.1, -0.05) is 47.0 Å². The molecule has 0 saturated heterocycles. The van der Waals surface area contributed by atoms with E-state index in [-0.39, 0.29) is 17.5 Å². The summed E-state index contributed by atoms with van der Waals surface area (Å²) in [4.78, 5) is 13.6. The lowest BCUT2D eigenvalue weighted by Crippen LogP contribution is -2.33. The van der Waals surface area contributed by atoms with Gasteiger partial charge in [0.05, 0.1) is 20.1 Å². The molecule has 20 heavy (non-hydrogen) atoms. The van der Waals surface area contributed by atoms with E-state index in [1.54, 1.807) is 7.05 Å². The summed E-state index contributed by atoms with van der Waals surface area (Å²) < 4.78 is 5.33. The molecule has 0 saturated carbocycles. The highest BCUT2D eigenvalue weighted by Gasteiger charge is 2.12. The molecule has 0 aliphatic rings. The minimum Gasteiger partial charge on any atom is -0.482 e. The Balaban J connectivity index is 2.56. The molecule has 0 aromatic heterocycles. The Kier molecular flexibility index (Phi) is 6.82. The number of nitrogens with zero attached hydrogens (tertiary/aromatic N) is 1. The molecule has 0 aliphatic heterocycles. The quantitative estimate of drug-likeness (QED) is 0.629. The second-order valence-corrected chi connectivity index (χ2v) is 5.76. The first kappa shape index (κ1) is 17.3. The molecule has 110 valence electrons. The third-order valence-electron chi connectivity index (χ3n) is 2.45. The average molecular weight is 356 g/mol. The van der Waals surface area contributed by atoms with Crippen molar-refractivity contribution < 1.29 is 9.53 Å². The van der Waals surface area contributed by atoms with Crippen molar-refractivity contribution in [3.63, 3.8) is 0 Å². The predicted octanol–water partition coefficient (Wildman–Crippen LogP) is 3.16. The topological polar surface area (TPSA) is 55.6 Å². The Morgan fingerprint density at radius 3 is 2.50 bits per heavy atom. The molecule has 0 unspecified atom stereocenters. The molecule has 0 bridgehead atoms. The van der Waals surface area contributed by atoms with Gasteiger partial charge in [0.25, 0.3) is 5.91 Å². The Morgan fingerprint density at radius 2 is 1.90 bits per heavy atom. The van der Waals surface area contributed by atoms with Crippen molar-refractivity contribution in [2.75, 3.05) is 20.2 Å². The van der Waals surface area contributed by atoms with Gasteiger partial charge in [0, 0.05) is 26.1 Å². The van der Waals surface area contributed by atoms with E-state index in [2.05, 4.69) is 0 Å². The van der Waals surface area contributed by atoms with Crippen LogP contribution in [0.15, 0.2) is 12.1 Å². The molecule has 1 aromatic carbocycles. The highest BCUT2D eigenvalue weighted by Crippen LogP contribution is 2.33. The van der Waals surface area contributed by atoms with Crippen LogP contribution in [0, 0.1) is 0 Å². The van der Waals surface area contributed by atoms with E-state index in [0.29, 0.717) is 33.7 Å². The highest BCUT2D eigenvalue weighted by molar-refractivity contribution is 7.80. The van der Waals surface area contributed by atoms with Crippen LogP contribution in [-0.4, -0.2) is 36.0 Å². The Morgan fingerprint density at radius 1 is 1.30 bits per heavy atom. The lowest BCUT2D eigenvalue weighted by Gasteiger charge is -2.17. The van der Waals surface area contributed by atoms with Gasteiger partial charge < -0.3 is 15.4 Å². The number of rotatable bonds is 6. The van der Waals surface area contributed by atoms with E-state index in [0.717, 1.165) is 0 Å². The number of halogens is 3. The lowest BCUT2D eigenvalue weighted by atomic mass is 10.3. The Bertz CT molecular complexity index is 526. The largest absolute Gasteiger partial charge is 0.482 e. The molecule has 0 spiro atoms. The molecule has 0 heterocycles. The van der Waals surface area contributed by atoms with Crippen molar-refractivity contribution >= 4 is 57.9 Å². The third kappa shape index (κ3) is 5.32. The highest BCUT2D eigenvalue weighted by atomic mass is 35.5. The first-order valence-corrected chi connectivity index (χ1v) is 7.15. The van der Waals surface area contributed by atoms with E-state index in [9.17, 15) is 4.79 Å². The summed E-state index contributed by atoms with van der Waals surface area (Å²) in [6.45, 7) is 0.276. The molecule has 1 amide bonds. The van der Waals surface area contributed by atoms with Gasteiger partial charge in [-0.15, -0.1) is 0 Å². The standard InChI is InChI=1S/C12H13Cl3N2O2S/c1-17(3-2-11(16)20)12(18)6-19-10-5-8(14)7(13)4-9(10)15/h4-5H,2-3,6H2,1H3,(H2,16,20). The summed E-state index contributed by atoms with van der Waals surface area (Å²) in [5.41, 5.74) is 5.37. The number of amides is 1. The maximum absolute atomic E-state index is 11.8. The first-order chi connectivity index (χ1) is 9.31. The van der Waals surface area contributed by atoms with Gasteiger partial charge in [-0.05, 0) is 6.07 Å². The molecule has 0 fully saturated rings. The van der Waals surface area contributed by atoms with Crippen molar-refractivity contribution in [3.8, 4) is 5.75 Å². The number of likely N-dealkylation sites (N-methyl/N-ethyl adjacent to an activating group) is 1. The molecule has 1 rings (SSSR count). The van der Waals surface area contributed by atoms with Crippen LogP contribution in [0.3, 0.4) is 0 Å². The SMILES string of the molecule is CN(CCC(N)=S)C(=O)COc1cc(Cl)c(Cl)cc1Cl. The van der Waals surface area contributed by atoms with Gasteiger partial charge in [-0.2, -0.15) is 0 Å². The van der Waals surface area contributed by atoms with Crippen LogP contribution in [0.1, 0.15) is 6.42 Å². The summed E-state index contributed by atoms with van der Waals surface area (Å²) in [6, 6.07) is 2.93. The van der Waals surface area contributed by atoms with Crippen LogP contribution in [0.5, 0.6) is 5.75 Å². The van der Waals surface area contributed by atoms with Gasteiger partial charge in [0.1, 0.15) is 5.75 Å². The van der Waals surface area contributed by atoms with Crippen LogP contribution >= 0.6 is 47.0 Å². The first-order valence-electron chi connectivity index (χ1n) is 5.61. The molecular weight excluding hydrogens is 343 g/mol. The van der Waals surface area contributed by atoms with Gasteiger partial charge in [-0.25, -0.2) is 0 Å². The normalized spacial score (nSPS) is 10.2. The van der Waals surface area contributed by atoms with E-state index in [1.165, 1.54) is 17.0 Å². The van der Waals surface area contributed by atoms with E-state index >= 15 is 0 Å². The van der Waals surface area contributed by atoms with Crippen molar-refractivity contribution in [1.82, 2.24) is 4.90 Å². The molecule has 4 nitrogen and oxygen atoms in total. The Labute approximate surface area is 137 Å². The third-order valence-corrected chi connectivity index (χ3v) is 3.67. The summed E-state index contributed by atoms with van der Waals surface area (Å²) in [5.74, 6) is 0.0838. The van der Waals surface area contributed by atoms with Gasteiger partial charge in [-0.3, -0.25) is 4.79 Å². The number of nitrogens with two attached hydrogens (primary N) is 1. The number of ether oxygens (including phenoxy) is 1.